The molecule has 0 fully saturated rings. The minimum Gasteiger partial charge on any atom is -0.313 e. The molecule has 6 nitrogen and oxygen atoms in total. The summed E-state index contributed by atoms with van der Waals surface area (Å²) in [6, 6.07) is 1.89. The number of hydrogen-bond acceptors (Lipinski definition) is 5. The molecule has 2 aromatic rings. The van der Waals surface area contributed by atoms with Crippen LogP contribution in [0.5, 0.6) is 0 Å². The molecule has 3 N–H and O–H groups in total. The second-order valence-electron chi connectivity index (χ2n) is 4.47. The lowest BCUT2D eigenvalue weighted by Crippen LogP contribution is -2.25. The van der Waals surface area contributed by atoms with Gasteiger partial charge >= 0.3 is 0 Å². The number of hydrogen-bond donors (Lipinski definition) is 3. The smallest absolute Gasteiger partial charge is 0.260 e. The van der Waals surface area contributed by atoms with Gasteiger partial charge in [-0.25, -0.2) is 13.1 Å². The van der Waals surface area contributed by atoms with Crippen LogP contribution in [0.25, 0.3) is 0 Å². The highest BCUT2D eigenvalue weighted by atomic mass is 79.9. The van der Waals surface area contributed by atoms with E-state index in [0.29, 0.717) is 12.1 Å². The number of aromatic nitrogens is 2. The lowest BCUT2D eigenvalue weighted by Gasteiger charge is -2.06. The van der Waals surface area contributed by atoms with Gasteiger partial charge in [-0.1, -0.05) is 6.92 Å². The quantitative estimate of drug-likeness (QED) is 0.673. The van der Waals surface area contributed by atoms with Crippen molar-refractivity contribution in [3.63, 3.8) is 0 Å². The molecule has 2 heterocycles. The van der Waals surface area contributed by atoms with E-state index in [1.807, 2.05) is 25.3 Å². The summed E-state index contributed by atoms with van der Waals surface area (Å²) in [6.45, 7) is 5.27. The monoisotopic (exact) mass is 392 g/mol. The second-order valence-corrected chi connectivity index (χ2v) is 8.06. The Labute approximate surface area is 136 Å². The first-order valence-electron chi connectivity index (χ1n) is 6.41. The molecule has 0 aliphatic heterocycles. The van der Waals surface area contributed by atoms with E-state index in [0.717, 1.165) is 21.6 Å². The second kappa shape index (κ2) is 7.01. The molecule has 116 valence electrons. The molecule has 21 heavy (non-hydrogen) atoms. The van der Waals surface area contributed by atoms with Crippen LogP contribution in [0.2, 0.25) is 0 Å². The number of rotatable bonds is 7. The number of sulfonamides is 1. The minimum atomic E-state index is -3.63. The van der Waals surface area contributed by atoms with Crippen molar-refractivity contribution in [2.24, 2.45) is 0 Å². The molecule has 0 atom stereocenters. The number of nitrogens with zero attached hydrogens (tertiary/aromatic N) is 1. The summed E-state index contributed by atoms with van der Waals surface area (Å²) < 4.78 is 28.3. The van der Waals surface area contributed by atoms with E-state index in [-0.39, 0.29) is 11.6 Å². The number of aromatic amines is 1. The van der Waals surface area contributed by atoms with Crippen LogP contribution in [0.15, 0.2) is 20.9 Å². The lowest BCUT2D eigenvalue weighted by molar-refractivity contribution is 0.574. The molecule has 0 aliphatic rings. The van der Waals surface area contributed by atoms with Gasteiger partial charge in [0.05, 0.1) is 0 Å². The largest absolute Gasteiger partial charge is 0.313 e. The van der Waals surface area contributed by atoms with Gasteiger partial charge in [0.1, 0.15) is 0 Å². The lowest BCUT2D eigenvalue weighted by atomic mass is 10.2. The molecular weight excluding hydrogens is 376 g/mol. The van der Waals surface area contributed by atoms with E-state index in [1.54, 1.807) is 0 Å². The van der Waals surface area contributed by atoms with Crippen molar-refractivity contribution in [2.75, 3.05) is 6.54 Å². The maximum atomic E-state index is 12.4. The van der Waals surface area contributed by atoms with E-state index < -0.39 is 10.0 Å². The fourth-order valence-corrected chi connectivity index (χ4v) is 4.47. The highest BCUT2D eigenvalue weighted by Gasteiger charge is 2.23. The van der Waals surface area contributed by atoms with E-state index in [1.165, 1.54) is 11.3 Å². The van der Waals surface area contributed by atoms with Gasteiger partial charge in [0, 0.05) is 39.1 Å². The summed E-state index contributed by atoms with van der Waals surface area (Å²) in [5, 5.41) is 11.8. The Balaban J connectivity index is 2.15. The van der Waals surface area contributed by atoms with Gasteiger partial charge in [-0.3, -0.25) is 5.10 Å². The first-order chi connectivity index (χ1) is 9.94. The molecule has 0 aromatic carbocycles. The van der Waals surface area contributed by atoms with Crippen LogP contribution < -0.4 is 10.0 Å². The minimum absolute atomic E-state index is 0.0663. The summed E-state index contributed by atoms with van der Waals surface area (Å²) in [4.78, 5) is 0.936. The fraction of sp³-hybridized carbons (Fsp3) is 0.417. The van der Waals surface area contributed by atoms with Crippen molar-refractivity contribution in [1.29, 1.82) is 0 Å². The van der Waals surface area contributed by atoms with Gasteiger partial charge < -0.3 is 5.32 Å². The Morgan fingerprint density at radius 2 is 2.19 bits per heavy atom. The average Bonchev–Trinajstić information content (AvgIpc) is 3.01. The average molecular weight is 393 g/mol. The molecule has 0 radical (unpaired) electrons. The van der Waals surface area contributed by atoms with Crippen molar-refractivity contribution in [1.82, 2.24) is 20.2 Å². The van der Waals surface area contributed by atoms with Crippen molar-refractivity contribution in [3.8, 4) is 0 Å². The van der Waals surface area contributed by atoms with E-state index in [2.05, 4.69) is 36.2 Å². The fourth-order valence-electron chi connectivity index (χ4n) is 1.79. The summed E-state index contributed by atoms with van der Waals surface area (Å²) >= 11 is 4.84. The SMILES string of the molecule is CCNCc1c(S(=O)(=O)NCc2cc(Br)cs2)n[nH]c1C. The Hall–Kier alpha value is -0.740. The zero-order valence-corrected chi connectivity index (χ0v) is 15.0. The van der Waals surface area contributed by atoms with Gasteiger partial charge in [0.15, 0.2) is 5.03 Å². The number of H-pyrrole nitrogens is 1. The highest BCUT2D eigenvalue weighted by Crippen LogP contribution is 2.21. The molecule has 9 heteroatoms. The predicted octanol–water partition coefficient (Wildman–Crippen LogP) is 2.13. The third-order valence-corrected chi connectivity index (χ3v) is 5.97. The van der Waals surface area contributed by atoms with E-state index in [4.69, 9.17) is 0 Å². The molecule has 0 aliphatic carbocycles. The van der Waals surface area contributed by atoms with Crippen LogP contribution >= 0.6 is 27.3 Å². The van der Waals surface area contributed by atoms with Gasteiger partial charge in [0.2, 0.25) is 0 Å². The van der Waals surface area contributed by atoms with Crippen molar-refractivity contribution in [3.05, 3.63) is 32.1 Å². The highest BCUT2D eigenvalue weighted by molar-refractivity contribution is 9.10. The Morgan fingerprint density at radius 3 is 2.81 bits per heavy atom. The molecule has 0 unspecified atom stereocenters. The first kappa shape index (κ1) is 16.6. The summed E-state index contributed by atoms with van der Waals surface area (Å²) in [7, 11) is -3.63. The predicted molar refractivity (Wildman–Crippen MR) is 86.7 cm³/mol. The molecule has 0 spiro atoms. The topological polar surface area (TPSA) is 86.9 Å². The van der Waals surface area contributed by atoms with Crippen molar-refractivity contribution < 1.29 is 8.42 Å². The van der Waals surface area contributed by atoms with Crippen LogP contribution in [0.1, 0.15) is 23.1 Å². The van der Waals surface area contributed by atoms with E-state index in [9.17, 15) is 8.42 Å². The first-order valence-corrected chi connectivity index (χ1v) is 9.56. The summed E-state index contributed by atoms with van der Waals surface area (Å²) in [5.74, 6) is 0. The number of halogens is 1. The van der Waals surface area contributed by atoms with Gasteiger partial charge in [-0.15, -0.1) is 11.3 Å². The summed E-state index contributed by atoms with van der Waals surface area (Å²) in [5.41, 5.74) is 1.44. The zero-order chi connectivity index (χ0) is 15.5. The maximum absolute atomic E-state index is 12.4. The van der Waals surface area contributed by atoms with Gasteiger partial charge in [0.25, 0.3) is 10.0 Å². The molecule has 0 amide bonds. The number of thiophene rings is 1. The van der Waals surface area contributed by atoms with Gasteiger partial charge in [-0.05, 0) is 35.5 Å². The molecule has 0 saturated heterocycles. The zero-order valence-electron chi connectivity index (χ0n) is 11.7. The van der Waals surface area contributed by atoms with Crippen molar-refractivity contribution in [2.45, 2.75) is 32.0 Å². The summed E-state index contributed by atoms with van der Waals surface area (Å²) in [6.07, 6.45) is 0. The van der Waals surface area contributed by atoms with Gasteiger partial charge in [-0.2, -0.15) is 5.10 Å². The van der Waals surface area contributed by atoms with Crippen LogP contribution in [-0.4, -0.2) is 25.2 Å². The Morgan fingerprint density at radius 1 is 1.43 bits per heavy atom. The Kier molecular flexibility index (Phi) is 5.55. The number of aryl methyl sites for hydroxylation is 1. The van der Waals surface area contributed by atoms with Crippen LogP contribution in [0.4, 0.5) is 0 Å². The number of nitrogens with one attached hydrogen (secondary N) is 3. The van der Waals surface area contributed by atoms with Crippen molar-refractivity contribution >= 4 is 37.3 Å². The molecule has 0 saturated carbocycles. The van der Waals surface area contributed by atoms with Crippen LogP contribution in [-0.2, 0) is 23.1 Å². The maximum Gasteiger partial charge on any atom is 0.260 e. The van der Waals surface area contributed by atoms with Crippen LogP contribution in [0, 0.1) is 6.92 Å². The third-order valence-electron chi connectivity index (χ3n) is 2.90. The third kappa shape index (κ3) is 4.13. The van der Waals surface area contributed by atoms with Crippen LogP contribution in [0.3, 0.4) is 0 Å². The standard InChI is InChI=1S/C12H17BrN4O2S2/c1-3-14-6-11-8(2)16-17-12(11)21(18,19)15-5-10-4-9(13)7-20-10/h4,7,14-15H,3,5-6H2,1-2H3,(H,16,17). The van der Waals surface area contributed by atoms with E-state index >= 15 is 0 Å². The normalized spacial score (nSPS) is 12.0. The molecule has 2 rings (SSSR count). The molecule has 2 aromatic heterocycles. The molecular formula is C12H17BrN4O2S2. The Bertz CT molecular complexity index is 709. The molecule has 0 bridgehead atoms.